The van der Waals surface area contributed by atoms with Crippen molar-refractivity contribution in [1.82, 2.24) is 4.31 Å². The Bertz CT molecular complexity index is 1180. The third kappa shape index (κ3) is 6.31. The molecule has 1 fully saturated rings. The average Bonchev–Trinajstić information content (AvgIpc) is 3.53. The molecule has 2 heterocycles. The highest BCUT2D eigenvalue weighted by Crippen LogP contribution is 2.31. The van der Waals surface area contributed by atoms with E-state index in [9.17, 15) is 8.42 Å². The van der Waals surface area contributed by atoms with Gasteiger partial charge in [0.05, 0.1) is 19.8 Å². The number of hydrogen-bond acceptors (Lipinski definition) is 6. The molecule has 1 aliphatic heterocycles. The van der Waals surface area contributed by atoms with E-state index < -0.39 is 10.0 Å². The quantitative estimate of drug-likeness (QED) is 0.338. The normalized spacial score (nSPS) is 16.1. The van der Waals surface area contributed by atoms with Gasteiger partial charge in [-0.2, -0.15) is 4.31 Å². The van der Waals surface area contributed by atoms with Crippen LogP contribution >= 0.6 is 22.9 Å². The van der Waals surface area contributed by atoms with E-state index in [-0.39, 0.29) is 29.8 Å². The first-order valence-corrected chi connectivity index (χ1v) is 13.8. The Labute approximate surface area is 210 Å². The van der Waals surface area contributed by atoms with Gasteiger partial charge in [-0.05, 0) is 60.2 Å². The average molecular weight is 522 g/mol. The molecule has 1 aliphatic rings. The first kappa shape index (κ1) is 25.0. The maximum Gasteiger partial charge on any atom is 0.247 e. The lowest BCUT2D eigenvalue weighted by Gasteiger charge is -2.26. The smallest absolute Gasteiger partial charge is 0.247 e. The minimum atomic E-state index is -3.91. The van der Waals surface area contributed by atoms with Gasteiger partial charge in [0.1, 0.15) is 16.4 Å². The van der Waals surface area contributed by atoms with Crippen LogP contribution in [-0.4, -0.2) is 45.7 Å². The van der Waals surface area contributed by atoms with Crippen LogP contribution in [-0.2, 0) is 27.7 Å². The number of halogens is 1. The Morgan fingerprint density at radius 2 is 2.06 bits per heavy atom. The predicted molar refractivity (Wildman–Crippen MR) is 135 cm³/mol. The SMILES string of the molecule is COc1ccc(Cl)cc1S(=O)(=O)N(Cc1cccc(OCCc2cccs2)c1)CC1CCCO1. The number of nitrogens with zero attached hydrogens (tertiary/aromatic N) is 1. The monoisotopic (exact) mass is 521 g/mol. The molecule has 0 radical (unpaired) electrons. The summed E-state index contributed by atoms with van der Waals surface area (Å²) < 4.78 is 46.0. The largest absolute Gasteiger partial charge is 0.495 e. The maximum atomic E-state index is 13.7. The molecule has 1 atom stereocenters. The number of methoxy groups -OCH3 is 1. The molecule has 0 bridgehead atoms. The van der Waals surface area contributed by atoms with Gasteiger partial charge in [0.2, 0.25) is 10.0 Å². The zero-order valence-corrected chi connectivity index (χ0v) is 21.4. The number of rotatable bonds is 11. The zero-order valence-electron chi connectivity index (χ0n) is 19.0. The van der Waals surface area contributed by atoms with Crippen LogP contribution in [0.2, 0.25) is 5.02 Å². The van der Waals surface area contributed by atoms with E-state index >= 15 is 0 Å². The molecule has 34 heavy (non-hydrogen) atoms. The van der Waals surface area contributed by atoms with Crippen LogP contribution in [0.3, 0.4) is 0 Å². The molecule has 182 valence electrons. The molecule has 0 N–H and O–H groups in total. The highest BCUT2D eigenvalue weighted by atomic mass is 35.5. The lowest BCUT2D eigenvalue weighted by molar-refractivity contribution is 0.0925. The van der Waals surface area contributed by atoms with Crippen LogP contribution in [0.5, 0.6) is 11.5 Å². The van der Waals surface area contributed by atoms with Crippen molar-refractivity contribution in [2.45, 2.75) is 36.8 Å². The molecule has 3 aromatic rings. The summed E-state index contributed by atoms with van der Waals surface area (Å²) in [5.41, 5.74) is 0.830. The lowest BCUT2D eigenvalue weighted by Crippen LogP contribution is -2.37. The second-order valence-electron chi connectivity index (χ2n) is 8.05. The molecule has 2 aromatic carbocycles. The molecule has 4 rings (SSSR count). The Balaban J connectivity index is 1.55. The summed E-state index contributed by atoms with van der Waals surface area (Å²) in [4.78, 5) is 1.31. The molecular weight excluding hydrogens is 494 g/mol. The predicted octanol–water partition coefficient (Wildman–Crippen LogP) is 5.40. The summed E-state index contributed by atoms with van der Waals surface area (Å²) in [7, 11) is -2.46. The van der Waals surface area contributed by atoms with Crippen molar-refractivity contribution in [1.29, 1.82) is 0 Å². The van der Waals surface area contributed by atoms with Crippen molar-refractivity contribution in [2.75, 3.05) is 26.9 Å². The standard InChI is InChI=1S/C25H28ClNO5S2/c1-30-24-10-9-20(26)16-25(24)34(28,29)27(18-22-7-3-12-31-22)17-19-5-2-6-21(15-19)32-13-11-23-8-4-14-33-23/h2,4-6,8-10,14-16,22H,3,7,11-13,17-18H2,1H3. The van der Waals surface area contributed by atoms with Gasteiger partial charge in [-0.15, -0.1) is 11.3 Å². The van der Waals surface area contributed by atoms with Gasteiger partial charge in [0.15, 0.2) is 0 Å². The number of ether oxygens (including phenoxy) is 3. The molecule has 0 spiro atoms. The van der Waals surface area contributed by atoms with Crippen molar-refractivity contribution < 1.29 is 22.6 Å². The minimum Gasteiger partial charge on any atom is -0.495 e. The van der Waals surface area contributed by atoms with Gasteiger partial charge in [-0.1, -0.05) is 29.8 Å². The first-order valence-electron chi connectivity index (χ1n) is 11.1. The van der Waals surface area contributed by atoms with Crippen molar-refractivity contribution >= 4 is 33.0 Å². The van der Waals surface area contributed by atoms with E-state index in [0.717, 1.165) is 24.8 Å². The first-order chi connectivity index (χ1) is 16.5. The molecule has 1 saturated heterocycles. The molecule has 0 amide bonds. The van der Waals surface area contributed by atoms with E-state index in [1.165, 1.54) is 22.4 Å². The van der Waals surface area contributed by atoms with E-state index in [1.807, 2.05) is 35.7 Å². The fraction of sp³-hybridized carbons (Fsp3) is 0.360. The molecular formula is C25H28ClNO5S2. The van der Waals surface area contributed by atoms with Crippen molar-refractivity contribution in [3.8, 4) is 11.5 Å². The Morgan fingerprint density at radius 3 is 2.79 bits per heavy atom. The summed E-state index contributed by atoms with van der Waals surface area (Å²) in [6.07, 6.45) is 2.43. The minimum absolute atomic E-state index is 0.0452. The zero-order chi connectivity index (χ0) is 24.0. The van der Waals surface area contributed by atoms with Crippen LogP contribution in [0.1, 0.15) is 23.3 Å². The van der Waals surface area contributed by atoms with Crippen molar-refractivity contribution in [3.63, 3.8) is 0 Å². The third-order valence-corrected chi connectivity index (χ3v) is 8.63. The Kier molecular flexibility index (Phi) is 8.50. The summed E-state index contributed by atoms with van der Waals surface area (Å²) in [5.74, 6) is 0.969. The van der Waals surface area contributed by atoms with Gasteiger partial charge in [0, 0.05) is 36.0 Å². The van der Waals surface area contributed by atoms with Crippen LogP contribution in [0.25, 0.3) is 0 Å². The van der Waals surface area contributed by atoms with E-state index in [1.54, 1.807) is 23.5 Å². The van der Waals surface area contributed by atoms with Crippen LogP contribution < -0.4 is 9.47 Å². The maximum absolute atomic E-state index is 13.7. The van der Waals surface area contributed by atoms with Crippen molar-refractivity contribution in [2.24, 2.45) is 0 Å². The second kappa shape index (κ2) is 11.6. The third-order valence-electron chi connectivity index (χ3n) is 5.63. The van der Waals surface area contributed by atoms with E-state index in [0.29, 0.717) is 24.0 Å². The Hall–Kier alpha value is -2.10. The highest BCUT2D eigenvalue weighted by molar-refractivity contribution is 7.89. The Morgan fingerprint density at radius 1 is 1.18 bits per heavy atom. The molecule has 0 saturated carbocycles. The molecule has 6 nitrogen and oxygen atoms in total. The highest BCUT2D eigenvalue weighted by Gasteiger charge is 2.31. The van der Waals surface area contributed by atoms with Gasteiger partial charge in [-0.25, -0.2) is 8.42 Å². The van der Waals surface area contributed by atoms with Crippen LogP contribution in [0, 0.1) is 0 Å². The van der Waals surface area contributed by atoms with E-state index in [4.69, 9.17) is 25.8 Å². The number of hydrogen-bond donors (Lipinski definition) is 0. The summed E-state index contributed by atoms with van der Waals surface area (Å²) in [5, 5.41) is 2.38. The number of benzene rings is 2. The van der Waals surface area contributed by atoms with Crippen molar-refractivity contribution in [3.05, 3.63) is 75.4 Å². The van der Waals surface area contributed by atoms with Gasteiger partial charge >= 0.3 is 0 Å². The topological polar surface area (TPSA) is 65.1 Å². The van der Waals surface area contributed by atoms with Crippen LogP contribution in [0.15, 0.2) is 64.9 Å². The molecule has 1 aromatic heterocycles. The molecule has 1 unspecified atom stereocenters. The molecule has 0 aliphatic carbocycles. The van der Waals surface area contributed by atoms with Gasteiger partial charge < -0.3 is 14.2 Å². The second-order valence-corrected chi connectivity index (χ2v) is 11.4. The van der Waals surface area contributed by atoms with E-state index in [2.05, 4.69) is 6.07 Å². The number of thiophene rings is 1. The summed E-state index contributed by atoms with van der Waals surface area (Å²) in [6, 6.07) is 16.3. The molecule has 9 heteroatoms. The van der Waals surface area contributed by atoms with Crippen LogP contribution in [0.4, 0.5) is 0 Å². The fourth-order valence-electron chi connectivity index (χ4n) is 3.92. The fourth-order valence-corrected chi connectivity index (χ4v) is 6.48. The summed E-state index contributed by atoms with van der Waals surface area (Å²) >= 11 is 7.85. The number of sulfonamides is 1. The summed E-state index contributed by atoms with van der Waals surface area (Å²) in [6.45, 7) is 1.63. The van der Waals surface area contributed by atoms with Gasteiger partial charge in [0.25, 0.3) is 0 Å². The van der Waals surface area contributed by atoms with Gasteiger partial charge in [-0.3, -0.25) is 0 Å². The lowest BCUT2D eigenvalue weighted by atomic mass is 10.2.